The second kappa shape index (κ2) is 4.79. The van der Waals surface area contributed by atoms with Crippen LogP contribution in [0.25, 0.3) is 0 Å². The van der Waals surface area contributed by atoms with E-state index in [4.69, 9.17) is 5.26 Å². The van der Waals surface area contributed by atoms with Gasteiger partial charge in [-0.25, -0.2) is 10.4 Å². The number of anilines is 1. The van der Waals surface area contributed by atoms with Crippen LogP contribution in [-0.2, 0) is 0 Å². The Bertz CT molecular complexity index is 416. The van der Waals surface area contributed by atoms with Crippen LogP contribution in [-0.4, -0.2) is 24.8 Å². The summed E-state index contributed by atoms with van der Waals surface area (Å²) in [7, 11) is 1.99. The molecule has 1 unspecified atom stereocenters. The number of hydrazine groups is 1. The molecule has 4 nitrogen and oxygen atoms in total. The van der Waals surface area contributed by atoms with Gasteiger partial charge in [-0.15, -0.1) is 0 Å². The number of likely N-dealkylation sites (N-methyl/N-ethyl adjacent to an activating group) is 1. The maximum atomic E-state index is 8.69. The van der Waals surface area contributed by atoms with Crippen LogP contribution in [0.3, 0.4) is 0 Å². The van der Waals surface area contributed by atoms with Gasteiger partial charge >= 0.3 is 0 Å². The third kappa shape index (κ3) is 2.40. The van der Waals surface area contributed by atoms with Crippen molar-refractivity contribution in [3.63, 3.8) is 0 Å². The normalized spacial score (nSPS) is 20.4. The van der Waals surface area contributed by atoms with Gasteiger partial charge in [0.05, 0.1) is 11.6 Å². The SMILES string of the molecule is CN1NCC=CC1Nc1ccc(C#N)cc1. The van der Waals surface area contributed by atoms with Crippen molar-refractivity contribution in [1.82, 2.24) is 10.4 Å². The third-order valence-electron chi connectivity index (χ3n) is 2.52. The molecule has 16 heavy (non-hydrogen) atoms. The first kappa shape index (κ1) is 10.7. The summed E-state index contributed by atoms with van der Waals surface area (Å²) < 4.78 is 0. The molecule has 1 heterocycles. The molecule has 0 aliphatic carbocycles. The topological polar surface area (TPSA) is 51.1 Å². The summed E-state index contributed by atoms with van der Waals surface area (Å²) in [5, 5.41) is 14.1. The van der Waals surface area contributed by atoms with Gasteiger partial charge in [-0.3, -0.25) is 0 Å². The first-order valence-electron chi connectivity index (χ1n) is 5.19. The van der Waals surface area contributed by atoms with E-state index < -0.39 is 0 Å². The lowest BCUT2D eigenvalue weighted by atomic mass is 10.2. The van der Waals surface area contributed by atoms with E-state index in [1.54, 1.807) is 0 Å². The van der Waals surface area contributed by atoms with Crippen LogP contribution >= 0.6 is 0 Å². The summed E-state index contributed by atoms with van der Waals surface area (Å²) in [5.41, 5.74) is 4.89. The van der Waals surface area contributed by atoms with Gasteiger partial charge in [0.1, 0.15) is 6.17 Å². The Hall–Kier alpha value is -1.83. The molecule has 1 aromatic carbocycles. The molecular weight excluding hydrogens is 200 g/mol. The highest BCUT2D eigenvalue weighted by molar-refractivity contribution is 5.48. The van der Waals surface area contributed by atoms with Gasteiger partial charge in [0.25, 0.3) is 0 Å². The summed E-state index contributed by atoms with van der Waals surface area (Å²) in [4.78, 5) is 0. The van der Waals surface area contributed by atoms with E-state index >= 15 is 0 Å². The van der Waals surface area contributed by atoms with Crippen molar-refractivity contribution in [2.45, 2.75) is 6.17 Å². The molecule has 82 valence electrons. The van der Waals surface area contributed by atoms with Gasteiger partial charge in [0.15, 0.2) is 0 Å². The van der Waals surface area contributed by atoms with Crippen LogP contribution in [0.15, 0.2) is 36.4 Å². The average molecular weight is 214 g/mol. The van der Waals surface area contributed by atoms with Crippen molar-refractivity contribution in [2.75, 3.05) is 18.9 Å². The van der Waals surface area contributed by atoms with E-state index in [0.29, 0.717) is 5.56 Å². The van der Waals surface area contributed by atoms with Gasteiger partial charge in [-0.1, -0.05) is 6.08 Å². The van der Waals surface area contributed by atoms with Crippen LogP contribution in [0.2, 0.25) is 0 Å². The standard InChI is InChI=1S/C12H14N4/c1-16-12(3-2-8-14-16)15-11-6-4-10(9-13)5-7-11/h2-7,12,14-15H,8H2,1H3. The van der Waals surface area contributed by atoms with Crippen molar-refractivity contribution < 1.29 is 0 Å². The fourth-order valence-corrected chi connectivity index (χ4v) is 1.58. The van der Waals surface area contributed by atoms with E-state index in [1.807, 2.05) is 36.3 Å². The lowest BCUT2D eigenvalue weighted by Gasteiger charge is -2.30. The van der Waals surface area contributed by atoms with Crippen molar-refractivity contribution in [3.8, 4) is 6.07 Å². The molecule has 2 N–H and O–H groups in total. The predicted molar refractivity (Wildman–Crippen MR) is 63.5 cm³/mol. The van der Waals surface area contributed by atoms with Crippen molar-refractivity contribution in [2.24, 2.45) is 0 Å². The molecule has 0 amide bonds. The van der Waals surface area contributed by atoms with Crippen LogP contribution in [0.4, 0.5) is 5.69 Å². The molecule has 0 fully saturated rings. The van der Waals surface area contributed by atoms with E-state index in [9.17, 15) is 0 Å². The highest BCUT2D eigenvalue weighted by Gasteiger charge is 2.12. The number of nitriles is 1. The quantitative estimate of drug-likeness (QED) is 0.729. The van der Waals surface area contributed by atoms with Gasteiger partial charge in [0, 0.05) is 19.3 Å². The van der Waals surface area contributed by atoms with Gasteiger partial charge in [-0.2, -0.15) is 5.26 Å². The molecular formula is C12H14N4. The molecule has 1 aliphatic heterocycles. The molecule has 0 aromatic heterocycles. The lowest BCUT2D eigenvalue weighted by molar-refractivity contribution is 0.210. The Labute approximate surface area is 95.1 Å². The number of hydrogen-bond donors (Lipinski definition) is 2. The predicted octanol–water partition coefficient (Wildman–Crippen LogP) is 1.30. The van der Waals surface area contributed by atoms with E-state index in [1.165, 1.54) is 0 Å². The van der Waals surface area contributed by atoms with Crippen molar-refractivity contribution in [3.05, 3.63) is 42.0 Å². The largest absolute Gasteiger partial charge is 0.365 e. The van der Waals surface area contributed by atoms with Gasteiger partial charge < -0.3 is 5.32 Å². The monoisotopic (exact) mass is 214 g/mol. The van der Waals surface area contributed by atoms with Gasteiger partial charge in [0.2, 0.25) is 0 Å². The molecule has 0 saturated heterocycles. The smallest absolute Gasteiger partial charge is 0.111 e. The third-order valence-corrected chi connectivity index (χ3v) is 2.52. The zero-order chi connectivity index (χ0) is 11.4. The average Bonchev–Trinajstić information content (AvgIpc) is 2.33. The molecule has 1 atom stereocenters. The highest BCUT2D eigenvalue weighted by Crippen LogP contribution is 2.12. The van der Waals surface area contributed by atoms with Crippen molar-refractivity contribution >= 4 is 5.69 Å². The second-order valence-electron chi connectivity index (χ2n) is 3.68. The fraction of sp³-hybridized carbons (Fsp3) is 0.250. The fourth-order valence-electron chi connectivity index (χ4n) is 1.58. The Morgan fingerprint density at radius 2 is 2.19 bits per heavy atom. The first-order valence-corrected chi connectivity index (χ1v) is 5.19. The molecule has 0 saturated carbocycles. The second-order valence-corrected chi connectivity index (χ2v) is 3.68. The molecule has 1 aliphatic rings. The Balaban J connectivity index is 2.06. The van der Waals surface area contributed by atoms with E-state index in [2.05, 4.69) is 29.0 Å². The maximum absolute atomic E-state index is 8.69. The molecule has 0 spiro atoms. The molecule has 0 radical (unpaired) electrons. The first-order chi connectivity index (χ1) is 7.79. The van der Waals surface area contributed by atoms with Gasteiger partial charge in [-0.05, 0) is 30.3 Å². The number of hydrogen-bond acceptors (Lipinski definition) is 4. The van der Waals surface area contributed by atoms with Crippen molar-refractivity contribution in [1.29, 1.82) is 5.26 Å². The summed E-state index contributed by atoms with van der Waals surface area (Å²) in [6.07, 6.45) is 4.33. The number of nitrogens with zero attached hydrogens (tertiary/aromatic N) is 2. The summed E-state index contributed by atoms with van der Waals surface area (Å²) in [6.45, 7) is 0.863. The summed E-state index contributed by atoms with van der Waals surface area (Å²) >= 11 is 0. The molecule has 0 bridgehead atoms. The molecule has 4 heteroatoms. The Kier molecular flexibility index (Phi) is 3.20. The zero-order valence-electron chi connectivity index (χ0n) is 9.14. The van der Waals surface area contributed by atoms with Crippen LogP contribution in [0.1, 0.15) is 5.56 Å². The highest BCUT2D eigenvalue weighted by atomic mass is 15.5. The number of rotatable bonds is 2. The maximum Gasteiger partial charge on any atom is 0.111 e. The van der Waals surface area contributed by atoms with Crippen LogP contribution in [0, 0.1) is 11.3 Å². The van der Waals surface area contributed by atoms with E-state index in [-0.39, 0.29) is 6.17 Å². The Morgan fingerprint density at radius 1 is 1.44 bits per heavy atom. The minimum atomic E-state index is 0.140. The lowest BCUT2D eigenvalue weighted by Crippen LogP contribution is -2.48. The van der Waals surface area contributed by atoms with E-state index in [0.717, 1.165) is 12.2 Å². The minimum Gasteiger partial charge on any atom is -0.365 e. The van der Waals surface area contributed by atoms with Crippen LogP contribution in [0.5, 0.6) is 0 Å². The molecule has 1 aromatic rings. The minimum absolute atomic E-state index is 0.140. The molecule has 2 rings (SSSR count). The van der Waals surface area contributed by atoms with Crippen LogP contribution < -0.4 is 10.7 Å². The number of benzene rings is 1. The number of nitrogens with one attached hydrogen (secondary N) is 2. The zero-order valence-corrected chi connectivity index (χ0v) is 9.14. The summed E-state index contributed by atoms with van der Waals surface area (Å²) in [5.74, 6) is 0. The summed E-state index contributed by atoms with van der Waals surface area (Å²) in [6, 6.07) is 9.54. The Morgan fingerprint density at radius 3 is 2.81 bits per heavy atom.